The van der Waals surface area contributed by atoms with Crippen molar-refractivity contribution in [3.05, 3.63) is 109 Å². The van der Waals surface area contributed by atoms with Gasteiger partial charge in [0.2, 0.25) is 5.91 Å². The Morgan fingerprint density at radius 3 is 1.04 bits per heavy atom. The van der Waals surface area contributed by atoms with Crippen molar-refractivity contribution in [1.82, 2.24) is 5.32 Å². The fraction of sp³-hybridized carbons (Fsp3) is 0.698. The van der Waals surface area contributed by atoms with Gasteiger partial charge in [0.05, 0.1) is 18.8 Å². The molecular formula is C63H109NO3. The quantitative estimate of drug-likeness (QED) is 0.0420. The van der Waals surface area contributed by atoms with Crippen LogP contribution < -0.4 is 5.32 Å². The van der Waals surface area contributed by atoms with Crippen molar-refractivity contribution in [2.75, 3.05) is 6.61 Å². The Hall–Kier alpha value is -2.95. The van der Waals surface area contributed by atoms with Crippen LogP contribution in [0.3, 0.4) is 0 Å². The average molecular weight is 929 g/mol. The van der Waals surface area contributed by atoms with E-state index < -0.39 is 12.1 Å². The lowest BCUT2D eigenvalue weighted by Gasteiger charge is -2.19. The second-order valence-corrected chi connectivity index (χ2v) is 19.0. The maximum absolute atomic E-state index is 12.5. The number of carbonyl (C=O) groups excluding carboxylic acids is 1. The van der Waals surface area contributed by atoms with Crippen LogP contribution in [0.1, 0.15) is 264 Å². The van der Waals surface area contributed by atoms with Gasteiger partial charge in [-0.25, -0.2) is 0 Å². The van der Waals surface area contributed by atoms with Gasteiger partial charge in [-0.1, -0.05) is 271 Å². The third kappa shape index (κ3) is 53.9. The Kier molecular flexibility index (Phi) is 54.8. The van der Waals surface area contributed by atoms with Gasteiger partial charge in [0.1, 0.15) is 0 Å². The number of hydrogen-bond donors (Lipinski definition) is 3. The number of nitrogens with one attached hydrogen (secondary N) is 1. The molecular weight excluding hydrogens is 819 g/mol. The van der Waals surface area contributed by atoms with Crippen LogP contribution in [-0.4, -0.2) is 34.9 Å². The predicted octanol–water partition coefficient (Wildman–Crippen LogP) is 19.1. The standard InChI is InChI=1S/C63H109NO3/c1-3-5-7-9-11-13-15-17-19-21-23-25-27-29-31-33-34-36-38-40-42-44-46-48-50-52-54-56-58-62(66)61(60-65)64-63(67)59-57-55-53-51-49-47-45-43-41-39-37-35-32-30-28-26-24-22-20-18-16-14-12-10-8-6-4-2/h6,8,12,14,18,20,24,26,30,32,37,39-40,42,48,50,56,58,61-62,65-66H,3-5,7,9-11,13,15-17,19,21-23,25,27-29,31,33-36,38,41,43-47,49,51-55,57,59-60H2,1-2H3,(H,64,67)/b8-6-,14-12-,20-18-,26-24-,32-30-,39-37-,42-40+,50-48+,58-56+. The minimum absolute atomic E-state index is 0.0896. The molecule has 2 unspecified atom stereocenters. The molecule has 0 aliphatic heterocycles. The molecule has 0 heterocycles. The van der Waals surface area contributed by atoms with E-state index in [0.29, 0.717) is 6.42 Å². The van der Waals surface area contributed by atoms with E-state index >= 15 is 0 Å². The Morgan fingerprint density at radius 2 is 0.672 bits per heavy atom. The summed E-state index contributed by atoms with van der Waals surface area (Å²) in [5.74, 6) is -0.0896. The van der Waals surface area contributed by atoms with Crippen LogP contribution in [0.4, 0.5) is 0 Å². The minimum Gasteiger partial charge on any atom is -0.394 e. The molecule has 0 fully saturated rings. The zero-order chi connectivity index (χ0) is 48.5. The van der Waals surface area contributed by atoms with E-state index in [9.17, 15) is 15.0 Å². The van der Waals surface area contributed by atoms with E-state index in [2.05, 4.69) is 116 Å². The van der Waals surface area contributed by atoms with Crippen molar-refractivity contribution in [3.8, 4) is 0 Å². The zero-order valence-corrected chi connectivity index (χ0v) is 44.1. The number of amides is 1. The molecule has 384 valence electrons. The summed E-state index contributed by atoms with van der Waals surface area (Å²) >= 11 is 0. The van der Waals surface area contributed by atoms with E-state index in [0.717, 1.165) is 89.9 Å². The highest BCUT2D eigenvalue weighted by atomic mass is 16.3. The third-order valence-electron chi connectivity index (χ3n) is 12.5. The summed E-state index contributed by atoms with van der Waals surface area (Å²) in [5, 5.41) is 23.1. The summed E-state index contributed by atoms with van der Waals surface area (Å²) in [6.45, 7) is 4.19. The molecule has 0 spiro atoms. The molecule has 0 saturated heterocycles. The highest BCUT2D eigenvalue weighted by Crippen LogP contribution is 2.16. The molecule has 3 N–H and O–H groups in total. The highest BCUT2D eigenvalue weighted by molar-refractivity contribution is 5.76. The van der Waals surface area contributed by atoms with Crippen molar-refractivity contribution in [2.24, 2.45) is 0 Å². The molecule has 0 aromatic heterocycles. The van der Waals surface area contributed by atoms with Crippen LogP contribution in [0.5, 0.6) is 0 Å². The summed E-state index contributed by atoms with van der Waals surface area (Å²) in [6, 6.07) is -0.659. The average Bonchev–Trinajstić information content (AvgIpc) is 3.33. The van der Waals surface area contributed by atoms with Gasteiger partial charge in [-0.2, -0.15) is 0 Å². The first-order chi connectivity index (χ1) is 33.2. The largest absolute Gasteiger partial charge is 0.394 e. The van der Waals surface area contributed by atoms with Gasteiger partial charge in [0, 0.05) is 6.42 Å². The van der Waals surface area contributed by atoms with E-state index in [4.69, 9.17) is 0 Å². The molecule has 67 heavy (non-hydrogen) atoms. The summed E-state index contributed by atoms with van der Waals surface area (Å²) in [4.78, 5) is 12.5. The molecule has 0 aliphatic carbocycles. The molecule has 4 heteroatoms. The van der Waals surface area contributed by atoms with Crippen LogP contribution >= 0.6 is 0 Å². The number of allylic oxidation sites excluding steroid dienone is 17. The normalized spacial score (nSPS) is 13.7. The topological polar surface area (TPSA) is 69.6 Å². The minimum atomic E-state index is -0.883. The van der Waals surface area contributed by atoms with Crippen molar-refractivity contribution >= 4 is 5.91 Å². The first-order valence-electron chi connectivity index (χ1n) is 28.6. The van der Waals surface area contributed by atoms with E-state index in [1.165, 1.54) is 154 Å². The zero-order valence-electron chi connectivity index (χ0n) is 44.1. The summed E-state index contributed by atoms with van der Waals surface area (Å²) in [6.07, 6.45) is 86.8. The van der Waals surface area contributed by atoms with Crippen LogP contribution in [-0.2, 0) is 4.79 Å². The monoisotopic (exact) mass is 928 g/mol. The lowest BCUT2D eigenvalue weighted by atomic mass is 10.0. The molecule has 0 aliphatic rings. The third-order valence-corrected chi connectivity index (χ3v) is 12.5. The second kappa shape index (κ2) is 57.4. The summed E-state index contributed by atoms with van der Waals surface area (Å²) < 4.78 is 0. The molecule has 0 saturated carbocycles. The number of aliphatic hydroxyl groups is 2. The Balaban J connectivity index is 3.63. The lowest BCUT2D eigenvalue weighted by Crippen LogP contribution is -2.45. The van der Waals surface area contributed by atoms with Crippen molar-refractivity contribution in [1.29, 1.82) is 0 Å². The van der Waals surface area contributed by atoms with Crippen LogP contribution in [0.15, 0.2) is 109 Å². The fourth-order valence-electron chi connectivity index (χ4n) is 8.16. The number of rotatable bonds is 51. The summed E-state index contributed by atoms with van der Waals surface area (Å²) in [5.41, 5.74) is 0. The van der Waals surface area contributed by atoms with E-state index in [-0.39, 0.29) is 12.5 Å². The van der Waals surface area contributed by atoms with E-state index in [1.54, 1.807) is 6.08 Å². The SMILES string of the molecule is CC/C=C\C/C=C\C/C=C\C/C=C\C/C=C\C/C=C\CCCCCCCCCCC(=O)NC(CO)C(O)/C=C/CC/C=C/CC/C=C/CCCCCCCCCCCCCCCCCCCC. The number of aliphatic hydroxyl groups excluding tert-OH is 2. The van der Waals surface area contributed by atoms with Crippen molar-refractivity contribution in [2.45, 2.75) is 276 Å². The fourth-order valence-corrected chi connectivity index (χ4v) is 8.16. The van der Waals surface area contributed by atoms with Crippen molar-refractivity contribution in [3.63, 3.8) is 0 Å². The smallest absolute Gasteiger partial charge is 0.220 e. The Morgan fingerprint density at radius 1 is 0.373 bits per heavy atom. The molecule has 0 radical (unpaired) electrons. The first kappa shape index (κ1) is 64.0. The van der Waals surface area contributed by atoms with Crippen LogP contribution in [0.2, 0.25) is 0 Å². The van der Waals surface area contributed by atoms with Gasteiger partial charge in [0.15, 0.2) is 0 Å². The highest BCUT2D eigenvalue weighted by Gasteiger charge is 2.17. The molecule has 4 nitrogen and oxygen atoms in total. The Bertz CT molecular complexity index is 1280. The van der Waals surface area contributed by atoms with Crippen molar-refractivity contribution < 1.29 is 15.0 Å². The maximum atomic E-state index is 12.5. The predicted molar refractivity (Wildman–Crippen MR) is 299 cm³/mol. The molecule has 0 aromatic rings. The molecule has 0 rings (SSSR count). The van der Waals surface area contributed by atoms with Crippen LogP contribution in [0, 0.1) is 0 Å². The van der Waals surface area contributed by atoms with Gasteiger partial charge in [-0.15, -0.1) is 0 Å². The maximum Gasteiger partial charge on any atom is 0.220 e. The van der Waals surface area contributed by atoms with Gasteiger partial charge in [-0.05, 0) is 96.3 Å². The number of unbranched alkanes of at least 4 members (excludes halogenated alkanes) is 28. The summed E-state index contributed by atoms with van der Waals surface area (Å²) in [7, 11) is 0. The molecule has 0 aromatic carbocycles. The Labute approximate surface area is 416 Å². The lowest BCUT2D eigenvalue weighted by molar-refractivity contribution is -0.123. The van der Waals surface area contributed by atoms with Gasteiger partial charge in [0.25, 0.3) is 0 Å². The van der Waals surface area contributed by atoms with Gasteiger partial charge >= 0.3 is 0 Å². The van der Waals surface area contributed by atoms with E-state index in [1.807, 2.05) is 6.08 Å². The number of carbonyl (C=O) groups is 1. The molecule has 1 amide bonds. The molecule has 2 atom stereocenters. The van der Waals surface area contributed by atoms with Gasteiger partial charge in [-0.3, -0.25) is 4.79 Å². The van der Waals surface area contributed by atoms with Gasteiger partial charge < -0.3 is 15.5 Å². The first-order valence-corrected chi connectivity index (χ1v) is 28.6. The second-order valence-electron chi connectivity index (χ2n) is 19.0. The molecule has 0 bridgehead atoms. The van der Waals surface area contributed by atoms with Crippen LogP contribution in [0.25, 0.3) is 0 Å². The number of hydrogen-bond acceptors (Lipinski definition) is 3.